The molecule has 12 heteroatoms. The number of carboxylic acid groups (broad SMARTS) is 1. The second kappa shape index (κ2) is 8.90. The number of carbonyl (C=O) groups excluding carboxylic acids is 1. The highest BCUT2D eigenvalue weighted by Gasteiger charge is 2.63. The number of carbonyl (C=O) groups is 2. The molecule has 0 aliphatic carbocycles. The largest absolute Gasteiger partial charge is 0.476 e. The van der Waals surface area contributed by atoms with E-state index in [9.17, 15) is 32.3 Å². The van der Waals surface area contributed by atoms with Gasteiger partial charge in [0.05, 0.1) is 12.8 Å². The first-order chi connectivity index (χ1) is 15.6. The van der Waals surface area contributed by atoms with Gasteiger partial charge in [0.15, 0.2) is 11.5 Å². The molecule has 0 aliphatic heterocycles. The number of aromatic nitrogens is 2. The van der Waals surface area contributed by atoms with Crippen LogP contribution >= 0.6 is 0 Å². The molecule has 1 aromatic heterocycles. The van der Waals surface area contributed by atoms with Crippen LogP contribution < -0.4 is 10.1 Å². The van der Waals surface area contributed by atoms with Crippen molar-refractivity contribution in [3.63, 3.8) is 0 Å². The van der Waals surface area contributed by atoms with E-state index in [1.54, 1.807) is 0 Å². The summed E-state index contributed by atoms with van der Waals surface area (Å²) in [5.41, 5.74) is -4.63. The summed E-state index contributed by atoms with van der Waals surface area (Å²) in [6, 6.07) is 10.2. The van der Waals surface area contributed by atoms with Crippen molar-refractivity contribution < 1.29 is 41.7 Å². The van der Waals surface area contributed by atoms with Crippen LogP contribution in [-0.2, 0) is 15.1 Å². The third-order valence-corrected chi connectivity index (χ3v) is 4.75. The van der Waals surface area contributed by atoms with E-state index in [-0.39, 0.29) is 11.7 Å². The summed E-state index contributed by atoms with van der Waals surface area (Å²) in [4.78, 5) is 28.8. The van der Waals surface area contributed by atoms with Gasteiger partial charge in [0.1, 0.15) is 5.82 Å². The first-order valence-electron chi connectivity index (χ1n) is 9.21. The predicted molar refractivity (Wildman–Crippen MR) is 107 cm³/mol. The number of imidazole rings is 1. The average Bonchev–Trinajstić information content (AvgIpc) is 3.13. The van der Waals surface area contributed by atoms with Crippen molar-refractivity contribution in [3.05, 3.63) is 71.7 Å². The van der Waals surface area contributed by atoms with Crippen LogP contribution in [0.1, 0.15) is 16.1 Å². The number of rotatable bonds is 7. The summed E-state index contributed by atoms with van der Waals surface area (Å²) in [6.45, 7) is 0. The maximum Gasteiger partial charge on any atom is 0.430 e. The third kappa shape index (κ3) is 4.12. The number of aromatic carboxylic acids is 1. The molecule has 174 valence electrons. The summed E-state index contributed by atoms with van der Waals surface area (Å²) >= 11 is 0. The number of nitrogens with zero attached hydrogens (tertiary/aromatic N) is 2. The number of halogens is 4. The Labute approximate surface area is 184 Å². The Morgan fingerprint density at radius 2 is 1.64 bits per heavy atom. The molecule has 0 saturated heterocycles. The van der Waals surface area contributed by atoms with Crippen LogP contribution in [-0.4, -0.2) is 46.9 Å². The number of anilines is 1. The molecule has 2 aromatic carbocycles. The summed E-state index contributed by atoms with van der Waals surface area (Å²) in [7, 11) is 1.84. The molecule has 0 fully saturated rings. The zero-order valence-corrected chi connectivity index (χ0v) is 17.2. The fourth-order valence-corrected chi connectivity index (χ4v) is 3.27. The van der Waals surface area contributed by atoms with Crippen LogP contribution in [0.4, 0.5) is 23.4 Å². The van der Waals surface area contributed by atoms with Gasteiger partial charge < -0.3 is 19.9 Å². The van der Waals surface area contributed by atoms with E-state index in [4.69, 9.17) is 9.47 Å². The van der Waals surface area contributed by atoms with Gasteiger partial charge in [-0.3, -0.25) is 9.36 Å². The monoisotopic (exact) mass is 467 g/mol. The molecule has 0 aliphatic rings. The number of nitrogens with one attached hydrogen (secondary N) is 1. The van der Waals surface area contributed by atoms with Crippen molar-refractivity contribution in [1.82, 2.24) is 9.55 Å². The van der Waals surface area contributed by atoms with Gasteiger partial charge in [-0.15, -0.1) is 0 Å². The number of alkyl halides is 3. The second-order valence-electron chi connectivity index (χ2n) is 6.62. The predicted octanol–water partition coefficient (Wildman–Crippen LogP) is 3.76. The normalized spacial score (nSPS) is 13.3. The van der Waals surface area contributed by atoms with Crippen LogP contribution in [0.2, 0.25) is 0 Å². The Kier molecular flexibility index (Phi) is 6.40. The summed E-state index contributed by atoms with van der Waals surface area (Å²) in [6.07, 6.45) is -5.22. The van der Waals surface area contributed by atoms with Gasteiger partial charge in [-0.1, -0.05) is 30.3 Å². The van der Waals surface area contributed by atoms with E-state index in [0.29, 0.717) is 7.11 Å². The minimum atomic E-state index is -5.22. The van der Waals surface area contributed by atoms with Crippen molar-refractivity contribution in [2.75, 3.05) is 19.5 Å². The number of methoxy groups -OCH3 is 2. The standard InChI is InChI=1S/C21H17F4N3O5/c1-32-19-27-16(15(17(29)30)28(19)14-10-8-13(22)9-11-14)26-18(31)20(33-2,21(23,24)25)12-6-4-3-5-7-12/h3-11H,1-2H3,(H,26,31)(H,29,30). The van der Waals surface area contributed by atoms with Gasteiger partial charge in [0, 0.05) is 12.7 Å². The maximum atomic E-state index is 14.1. The van der Waals surface area contributed by atoms with E-state index in [1.807, 2.05) is 5.32 Å². The zero-order chi connectivity index (χ0) is 24.4. The van der Waals surface area contributed by atoms with Crippen LogP contribution in [0.3, 0.4) is 0 Å². The van der Waals surface area contributed by atoms with Gasteiger partial charge in [-0.2, -0.15) is 18.2 Å². The minimum absolute atomic E-state index is 0.0792. The number of hydrogen-bond acceptors (Lipinski definition) is 5. The van der Waals surface area contributed by atoms with Crippen molar-refractivity contribution in [1.29, 1.82) is 0 Å². The number of hydrogen-bond donors (Lipinski definition) is 2. The molecule has 1 unspecified atom stereocenters. The van der Waals surface area contributed by atoms with Crippen molar-refractivity contribution >= 4 is 17.7 Å². The smallest absolute Gasteiger partial charge is 0.430 e. The van der Waals surface area contributed by atoms with Crippen LogP contribution in [0.15, 0.2) is 54.6 Å². The molecule has 1 atom stereocenters. The molecular formula is C21H17F4N3O5. The maximum absolute atomic E-state index is 14.1. The molecular weight excluding hydrogens is 450 g/mol. The van der Waals surface area contributed by atoms with E-state index in [0.717, 1.165) is 35.9 Å². The molecule has 3 aromatic rings. The summed E-state index contributed by atoms with van der Waals surface area (Å²) in [5, 5.41) is 11.6. The number of carboxylic acids is 1. The van der Waals surface area contributed by atoms with Crippen molar-refractivity contribution in [2.24, 2.45) is 0 Å². The Hall–Kier alpha value is -3.93. The summed E-state index contributed by atoms with van der Waals surface area (Å²) in [5.74, 6) is -4.70. The van der Waals surface area contributed by atoms with Crippen LogP contribution in [0.25, 0.3) is 5.69 Å². The van der Waals surface area contributed by atoms with Crippen LogP contribution in [0, 0.1) is 5.82 Å². The van der Waals surface area contributed by atoms with Gasteiger partial charge >= 0.3 is 18.2 Å². The van der Waals surface area contributed by atoms with E-state index in [1.165, 1.54) is 30.3 Å². The lowest BCUT2D eigenvalue weighted by Crippen LogP contribution is -2.53. The van der Waals surface area contributed by atoms with Gasteiger partial charge in [-0.25, -0.2) is 9.18 Å². The van der Waals surface area contributed by atoms with E-state index in [2.05, 4.69) is 4.98 Å². The topological polar surface area (TPSA) is 103 Å². The molecule has 1 amide bonds. The Morgan fingerprint density at radius 3 is 2.12 bits per heavy atom. The molecule has 0 spiro atoms. The molecule has 33 heavy (non-hydrogen) atoms. The van der Waals surface area contributed by atoms with Gasteiger partial charge in [-0.05, 0) is 24.3 Å². The molecule has 3 rings (SSSR count). The van der Waals surface area contributed by atoms with Crippen molar-refractivity contribution in [3.8, 4) is 11.7 Å². The minimum Gasteiger partial charge on any atom is -0.476 e. The van der Waals surface area contributed by atoms with Crippen LogP contribution in [0.5, 0.6) is 6.01 Å². The lowest BCUT2D eigenvalue weighted by Gasteiger charge is -2.33. The number of ether oxygens (including phenoxy) is 2. The quantitative estimate of drug-likeness (QED) is 0.513. The summed E-state index contributed by atoms with van der Waals surface area (Å²) < 4.78 is 66.4. The average molecular weight is 467 g/mol. The molecule has 0 radical (unpaired) electrons. The molecule has 1 heterocycles. The Morgan fingerprint density at radius 1 is 1.03 bits per heavy atom. The second-order valence-corrected chi connectivity index (χ2v) is 6.62. The fraction of sp³-hybridized carbons (Fsp3) is 0.190. The highest BCUT2D eigenvalue weighted by molar-refractivity contribution is 6.03. The SMILES string of the molecule is COc1nc(NC(=O)C(OC)(c2ccccc2)C(F)(F)F)c(C(=O)O)n1-c1ccc(F)cc1. The highest BCUT2D eigenvalue weighted by Crippen LogP contribution is 2.43. The molecule has 0 bridgehead atoms. The number of benzene rings is 2. The van der Waals surface area contributed by atoms with Crippen molar-refractivity contribution in [2.45, 2.75) is 11.8 Å². The van der Waals surface area contributed by atoms with Gasteiger partial charge in [0.2, 0.25) is 0 Å². The lowest BCUT2D eigenvalue weighted by molar-refractivity contribution is -0.263. The Bertz CT molecular complexity index is 1160. The zero-order valence-electron chi connectivity index (χ0n) is 17.2. The first kappa shape index (κ1) is 23.7. The fourth-order valence-electron chi connectivity index (χ4n) is 3.27. The highest BCUT2D eigenvalue weighted by atomic mass is 19.4. The molecule has 0 saturated carbocycles. The van der Waals surface area contributed by atoms with E-state index >= 15 is 0 Å². The Balaban J connectivity index is 2.16. The first-order valence-corrected chi connectivity index (χ1v) is 9.21. The molecule has 2 N–H and O–H groups in total. The van der Waals surface area contributed by atoms with Gasteiger partial charge in [0.25, 0.3) is 11.5 Å². The third-order valence-electron chi connectivity index (χ3n) is 4.75. The number of amides is 1. The van der Waals surface area contributed by atoms with E-state index < -0.39 is 46.5 Å². The lowest BCUT2D eigenvalue weighted by atomic mass is 9.91. The molecule has 8 nitrogen and oxygen atoms in total.